The Labute approximate surface area is 90.5 Å². The number of aromatic hydroxyl groups is 1. The lowest BCUT2D eigenvalue weighted by molar-refractivity contribution is -0.136. The first-order valence-electron chi connectivity index (χ1n) is 4.12. The van der Waals surface area contributed by atoms with Crippen molar-refractivity contribution in [3.8, 4) is 5.75 Å². The lowest BCUT2D eigenvalue weighted by atomic mass is 10.0. The van der Waals surface area contributed by atoms with Gasteiger partial charge in [0.1, 0.15) is 5.75 Å². The summed E-state index contributed by atoms with van der Waals surface area (Å²) in [6.45, 7) is 3.52. The van der Waals surface area contributed by atoms with Crippen LogP contribution in [0.5, 0.6) is 5.75 Å². The first-order chi connectivity index (χ1) is 6.43. The summed E-state index contributed by atoms with van der Waals surface area (Å²) in [4.78, 5) is 10.6. The zero-order valence-corrected chi connectivity index (χ0v) is 9.55. The summed E-state index contributed by atoms with van der Waals surface area (Å²) in [7, 11) is 0. The Hall–Kier alpha value is -1.03. The fraction of sp³-hybridized carbons (Fsp3) is 0.300. The normalized spacial score (nSPS) is 10.2. The van der Waals surface area contributed by atoms with Gasteiger partial charge in [-0.25, -0.2) is 0 Å². The number of phenols is 1. The Balaban J connectivity index is 3.25. The Morgan fingerprint density at radius 2 is 2.07 bits per heavy atom. The molecule has 0 radical (unpaired) electrons. The van der Waals surface area contributed by atoms with Crippen LogP contribution in [0.25, 0.3) is 0 Å². The van der Waals surface area contributed by atoms with E-state index in [1.807, 2.05) is 0 Å². The predicted molar refractivity (Wildman–Crippen MR) is 56.6 cm³/mol. The van der Waals surface area contributed by atoms with Crippen molar-refractivity contribution in [1.29, 1.82) is 0 Å². The molecule has 0 aliphatic heterocycles. The lowest BCUT2D eigenvalue weighted by Crippen LogP contribution is -2.03. The molecule has 1 rings (SSSR count). The third-order valence-corrected chi connectivity index (χ3v) is 3.10. The van der Waals surface area contributed by atoms with Crippen LogP contribution in [0.15, 0.2) is 10.5 Å². The maximum atomic E-state index is 10.6. The molecule has 0 fully saturated rings. The summed E-state index contributed by atoms with van der Waals surface area (Å²) in [6, 6.07) is 1.70. The summed E-state index contributed by atoms with van der Waals surface area (Å²) in [6.07, 6.45) is -0.0223. The second kappa shape index (κ2) is 4.00. The Kier molecular flexibility index (Phi) is 3.16. The number of aliphatic carboxylic acids is 1. The van der Waals surface area contributed by atoms with Crippen LogP contribution in [0, 0.1) is 13.8 Å². The molecule has 1 aromatic carbocycles. The number of carbonyl (C=O) groups is 1. The van der Waals surface area contributed by atoms with Crippen molar-refractivity contribution in [1.82, 2.24) is 0 Å². The quantitative estimate of drug-likeness (QED) is 0.857. The molecule has 0 unspecified atom stereocenters. The number of hydrogen-bond donors (Lipinski definition) is 2. The highest BCUT2D eigenvalue weighted by Gasteiger charge is 2.12. The molecular weight excluding hydrogens is 248 g/mol. The monoisotopic (exact) mass is 258 g/mol. The van der Waals surface area contributed by atoms with Crippen molar-refractivity contribution < 1.29 is 15.0 Å². The molecule has 0 bridgehead atoms. The van der Waals surface area contributed by atoms with Gasteiger partial charge in [-0.3, -0.25) is 4.79 Å². The average Bonchev–Trinajstić information content (AvgIpc) is 2.10. The highest BCUT2D eigenvalue weighted by Crippen LogP contribution is 2.33. The summed E-state index contributed by atoms with van der Waals surface area (Å²) < 4.78 is 0.578. The maximum absolute atomic E-state index is 10.6. The number of carboxylic acid groups (broad SMARTS) is 1. The molecular formula is C10H11BrO3. The first kappa shape index (κ1) is 11.0. The molecule has 14 heavy (non-hydrogen) atoms. The predicted octanol–water partition coefficient (Wildman–Crippen LogP) is 2.40. The second-order valence-corrected chi connectivity index (χ2v) is 4.00. The van der Waals surface area contributed by atoms with Crippen LogP contribution >= 0.6 is 15.9 Å². The lowest BCUT2D eigenvalue weighted by Gasteiger charge is -2.10. The van der Waals surface area contributed by atoms with Crippen molar-refractivity contribution in [2.45, 2.75) is 20.3 Å². The van der Waals surface area contributed by atoms with E-state index in [0.717, 1.165) is 11.1 Å². The average molecular weight is 259 g/mol. The van der Waals surface area contributed by atoms with Gasteiger partial charge in [0, 0.05) is 0 Å². The number of phenolic OH excluding ortho intramolecular Hbond substituents is 1. The molecule has 0 aromatic heterocycles. The zero-order valence-electron chi connectivity index (χ0n) is 7.97. The Morgan fingerprint density at radius 3 is 2.57 bits per heavy atom. The molecule has 0 atom stereocenters. The van der Waals surface area contributed by atoms with Crippen LogP contribution in [0.4, 0.5) is 0 Å². The molecule has 1 aromatic rings. The van der Waals surface area contributed by atoms with E-state index in [4.69, 9.17) is 5.11 Å². The van der Waals surface area contributed by atoms with E-state index in [-0.39, 0.29) is 12.2 Å². The summed E-state index contributed by atoms with van der Waals surface area (Å²) in [5, 5.41) is 18.2. The molecule has 0 amide bonds. The van der Waals surface area contributed by atoms with Gasteiger partial charge >= 0.3 is 5.97 Å². The van der Waals surface area contributed by atoms with Gasteiger partial charge in [-0.05, 0) is 46.5 Å². The topological polar surface area (TPSA) is 57.5 Å². The highest BCUT2D eigenvalue weighted by atomic mass is 79.9. The Morgan fingerprint density at radius 1 is 1.50 bits per heavy atom. The van der Waals surface area contributed by atoms with E-state index in [2.05, 4.69) is 15.9 Å². The number of halogens is 1. The van der Waals surface area contributed by atoms with Crippen molar-refractivity contribution in [3.05, 3.63) is 27.2 Å². The van der Waals surface area contributed by atoms with E-state index in [1.54, 1.807) is 19.9 Å². The number of carboxylic acids is 1. The molecule has 0 heterocycles. The van der Waals surface area contributed by atoms with E-state index < -0.39 is 5.97 Å². The van der Waals surface area contributed by atoms with Crippen LogP contribution in [0.2, 0.25) is 0 Å². The minimum absolute atomic E-state index is 0.0223. The SMILES string of the molecule is Cc1cc(CC(=O)O)c(C)c(Br)c1O. The third kappa shape index (κ3) is 2.07. The van der Waals surface area contributed by atoms with Gasteiger partial charge in [0.2, 0.25) is 0 Å². The van der Waals surface area contributed by atoms with Gasteiger partial charge in [-0.15, -0.1) is 0 Å². The third-order valence-electron chi connectivity index (χ3n) is 2.12. The van der Waals surface area contributed by atoms with E-state index in [9.17, 15) is 9.90 Å². The number of aryl methyl sites for hydroxylation is 1. The van der Waals surface area contributed by atoms with Gasteiger partial charge in [-0.1, -0.05) is 6.07 Å². The standard InChI is InChI=1S/C10H11BrO3/c1-5-3-7(4-8(12)13)6(2)9(11)10(5)14/h3,14H,4H2,1-2H3,(H,12,13). The van der Waals surface area contributed by atoms with Gasteiger partial charge < -0.3 is 10.2 Å². The van der Waals surface area contributed by atoms with Gasteiger partial charge in [0.25, 0.3) is 0 Å². The summed E-state index contributed by atoms with van der Waals surface area (Å²) in [5.41, 5.74) is 2.17. The molecule has 0 spiro atoms. The van der Waals surface area contributed by atoms with Crippen molar-refractivity contribution in [2.24, 2.45) is 0 Å². The van der Waals surface area contributed by atoms with Crippen LogP contribution in [0.1, 0.15) is 16.7 Å². The van der Waals surface area contributed by atoms with Crippen LogP contribution in [0.3, 0.4) is 0 Å². The fourth-order valence-electron chi connectivity index (χ4n) is 1.28. The van der Waals surface area contributed by atoms with E-state index in [0.29, 0.717) is 10.0 Å². The fourth-order valence-corrected chi connectivity index (χ4v) is 1.84. The number of benzene rings is 1. The van der Waals surface area contributed by atoms with Crippen LogP contribution in [-0.2, 0) is 11.2 Å². The van der Waals surface area contributed by atoms with Gasteiger partial charge in [0.15, 0.2) is 0 Å². The molecule has 4 heteroatoms. The van der Waals surface area contributed by atoms with Crippen molar-refractivity contribution >= 4 is 21.9 Å². The Bertz CT molecular complexity index is 385. The van der Waals surface area contributed by atoms with Gasteiger partial charge in [-0.2, -0.15) is 0 Å². The summed E-state index contributed by atoms with van der Waals surface area (Å²) in [5.74, 6) is -0.693. The largest absolute Gasteiger partial charge is 0.506 e. The molecule has 76 valence electrons. The molecule has 0 saturated carbocycles. The molecule has 3 nitrogen and oxygen atoms in total. The summed E-state index contributed by atoms with van der Waals surface area (Å²) >= 11 is 3.23. The highest BCUT2D eigenvalue weighted by molar-refractivity contribution is 9.10. The number of hydrogen-bond acceptors (Lipinski definition) is 2. The maximum Gasteiger partial charge on any atom is 0.307 e. The molecule has 0 saturated heterocycles. The second-order valence-electron chi connectivity index (χ2n) is 3.21. The van der Waals surface area contributed by atoms with Crippen LogP contribution < -0.4 is 0 Å². The first-order valence-corrected chi connectivity index (χ1v) is 4.92. The molecule has 0 aliphatic rings. The van der Waals surface area contributed by atoms with Crippen molar-refractivity contribution in [3.63, 3.8) is 0 Å². The van der Waals surface area contributed by atoms with Gasteiger partial charge in [0.05, 0.1) is 10.9 Å². The molecule has 2 N–H and O–H groups in total. The molecule has 0 aliphatic carbocycles. The van der Waals surface area contributed by atoms with Crippen LogP contribution in [-0.4, -0.2) is 16.2 Å². The minimum atomic E-state index is -0.870. The smallest absolute Gasteiger partial charge is 0.307 e. The zero-order chi connectivity index (χ0) is 10.9. The van der Waals surface area contributed by atoms with E-state index in [1.165, 1.54) is 0 Å². The van der Waals surface area contributed by atoms with Crippen molar-refractivity contribution in [2.75, 3.05) is 0 Å². The number of rotatable bonds is 2. The van der Waals surface area contributed by atoms with E-state index >= 15 is 0 Å². The minimum Gasteiger partial charge on any atom is -0.506 e.